The lowest BCUT2D eigenvalue weighted by molar-refractivity contribution is -0.139. The molecule has 2 nitrogen and oxygen atoms in total. The van der Waals surface area contributed by atoms with Gasteiger partial charge in [0.25, 0.3) is 0 Å². The van der Waals surface area contributed by atoms with Gasteiger partial charge in [-0.2, -0.15) is 0 Å². The molecule has 20 heavy (non-hydrogen) atoms. The number of esters is 1. The molecule has 0 bridgehead atoms. The Kier molecular flexibility index (Phi) is 14.0. The molecular formula is C18H34O2. The van der Waals surface area contributed by atoms with Gasteiger partial charge in [0.1, 0.15) is 0 Å². The van der Waals surface area contributed by atoms with Crippen LogP contribution in [0.1, 0.15) is 91.4 Å². The van der Waals surface area contributed by atoms with Crippen molar-refractivity contribution in [1.29, 1.82) is 0 Å². The van der Waals surface area contributed by atoms with Crippen molar-refractivity contribution in [3.05, 3.63) is 11.6 Å². The van der Waals surface area contributed by atoms with E-state index in [1.54, 1.807) is 0 Å². The molecule has 2 heteroatoms. The maximum Gasteiger partial charge on any atom is 0.333 e. The third-order valence-electron chi connectivity index (χ3n) is 3.52. The minimum absolute atomic E-state index is 0.150. The molecule has 0 saturated heterocycles. The lowest BCUT2D eigenvalue weighted by Crippen LogP contribution is -2.06. The highest BCUT2D eigenvalue weighted by Crippen LogP contribution is 2.11. The summed E-state index contributed by atoms with van der Waals surface area (Å²) in [5.74, 6) is -0.150. The Morgan fingerprint density at radius 3 is 1.95 bits per heavy atom. The molecule has 0 unspecified atom stereocenters. The fourth-order valence-electron chi connectivity index (χ4n) is 2.17. The van der Waals surface area contributed by atoms with Gasteiger partial charge in [-0.25, -0.2) is 4.79 Å². The second-order valence-electron chi connectivity index (χ2n) is 5.64. The Hall–Kier alpha value is -0.790. The van der Waals surface area contributed by atoms with E-state index in [4.69, 9.17) is 4.74 Å². The van der Waals surface area contributed by atoms with E-state index in [2.05, 4.69) is 6.92 Å². The molecule has 0 amide bonds. The average molecular weight is 282 g/mol. The maximum absolute atomic E-state index is 11.5. The second kappa shape index (κ2) is 14.6. The van der Waals surface area contributed by atoms with Crippen LogP contribution in [0.2, 0.25) is 0 Å². The van der Waals surface area contributed by atoms with Crippen LogP contribution in [0.15, 0.2) is 11.6 Å². The van der Waals surface area contributed by atoms with Gasteiger partial charge in [-0.3, -0.25) is 0 Å². The Bertz CT molecular complexity index is 256. The van der Waals surface area contributed by atoms with Gasteiger partial charge >= 0.3 is 5.97 Å². The molecule has 0 aromatic heterocycles. The van der Waals surface area contributed by atoms with E-state index in [0.717, 1.165) is 18.4 Å². The van der Waals surface area contributed by atoms with Crippen LogP contribution in [0.25, 0.3) is 0 Å². The van der Waals surface area contributed by atoms with Crippen molar-refractivity contribution in [2.75, 3.05) is 6.61 Å². The van der Waals surface area contributed by atoms with Gasteiger partial charge in [0.05, 0.1) is 6.61 Å². The van der Waals surface area contributed by atoms with E-state index < -0.39 is 0 Å². The van der Waals surface area contributed by atoms with Crippen molar-refractivity contribution in [3.8, 4) is 0 Å². The van der Waals surface area contributed by atoms with Gasteiger partial charge in [0, 0.05) is 5.57 Å². The van der Waals surface area contributed by atoms with Crippen LogP contribution < -0.4 is 0 Å². The van der Waals surface area contributed by atoms with Gasteiger partial charge in [-0.15, -0.1) is 0 Å². The van der Waals surface area contributed by atoms with Crippen LogP contribution in [0.5, 0.6) is 0 Å². The van der Waals surface area contributed by atoms with Crippen LogP contribution in [-0.2, 0) is 9.53 Å². The van der Waals surface area contributed by atoms with Crippen LogP contribution in [-0.4, -0.2) is 12.6 Å². The van der Waals surface area contributed by atoms with Gasteiger partial charge in [-0.05, 0) is 26.2 Å². The number of carbonyl (C=O) groups is 1. The molecular weight excluding hydrogens is 248 g/mol. The Balaban J connectivity index is 3.39. The molecule has 0 aliphatic rings. The number of unbranched alkanes of at least 4 members (excludes halogenated alkanes) is 9. The predicted molar refractivity (Wildman–Crippen MR) is 86.9 cm³/mol. The first-order valence-corrected chi connectivity index (χ1v) is 8.56. The summed E-state index contributed by atoms with van der Waals surface area (Å²) in [6.07, 6.45) is 16.0. The third kappa shape index (κ3) is 12.3. The van der Waals surface area contributed by atoms with Crippen LogP contribution in [0.3, 0.4) is 0 Å². The molecule has 0 radical (unpaired) electrons. The molecule has 0 rings (SSSR count). The van der Waals surface area contributed by atoms with Gasteiger partial charge in [-0.1, -0.05) is 71.3 Å². The lowest BCUT2D eigenvalue weighted by Gasteiger charge is -2.03. The SMILES string of the molecule is CCCCCCCCCCCC=C(C)C(=O)OCCC. The highest BCUT2D eigenvalue weighted by atomic mass is 16.5. The monoisotopic (exact) mass is 282 g/mol. The molecule has 0 aromatic rings. The zero-order valence-corrected chi connectivity index (χ0v) is 13.9. The molecule has 0 aliphatic carbocycles. The molecule has 0 atom stereocenters. The first kappa shape index (κ1) is 19.2. The molecule has 0 aliphatic heterocycles. The fourth-order valence-corrected chi connectivity index (χ4v) is 2.17. The largest absolute Gasteiger partial charge is 0.462 e. The minimum Gasteiger partial charge on any atom is -0.462 e. The summed E-state index contributed by atoms with van der Waals surface area (Å²) in [5, 5.41) is 0. The van der Waals surface area contributed by atoms with Crippen molar-refractivity contribution >= 4 is 5.97 Å². The summed E-state index contributed by atoms with van der Waals surface area (Å²) in [6.45, 7) is 6.65. The summed E-state index contributed by atoms with van der Waals surface area (Å²) in [4.78, 5) is 11.5. The molecule has 0 fully saturated rings. The van der Waals surface area contributed by atoms with E-state index in [0.29, 0.717) is 6.61 Å². The Morgan fingerprint density at radius 1 is 0.850 bits per heavy atom. The molecule has 0 aromatic carbocycles. The minimum atomic E-state index is -0.150. The molecule has 0 N–H and O–H groups in total. The number of carbonyl (C=O) groups excluding carboxylic acids is 1. The molecule has 0 heterocycles. The standard InChI is InChI=1S/C18H34O2/c1-4-6-7-8-9-10-11-12-13-14-15-17(3)18(19)20-16-5-2/h15H,4-14,16H2,1-3H3. The number of rotatable bonds is 13. The van der Waals surface area contributed by atoms with E-state index in [1.807, 2.05) is 19.9 Å². The van der Waals surface area contributed by atoms with Crippen LogP contribution >= 0.6 is 0 Å². The topological polar surface area (TPSA) is 26.3 Å². The zero-order chi connectivity index (χ0) is 15.1. The first-order chi connectivity index (χ1) is 9.72. The second-order valence-corrected chi connectivity index (χ2v) is 5.64. The normalized spacial score (nSPS) is 11.7. The van der Waals surface area contributed by atoms with E-state index in [9.17, 15) is 4.79 Å². The molecule has 0 spiro atoms. The summed E-state index contributed by atoms with van der Waals surface area (Å²) in [6, 6.07) is 0. The van der Waals surface area contributed by atoms with Gasteiger partial charge < -0.3 is 4.74 Å². The average Bonchev–Trinajstić information content (AvgIpc) is 2.46. The van der Waals surface area contributed by atoms with E-state index >= 15 is 0 Å². The maximum atomic E-state index is 11.5. The number of hydrogen-bond donors (Lipinski definition) is 0. The van der Waals surface area contributed by atoms with Gasteiger partial charge in [0.2, 0.25) is 0 Å². The molecule has 118 valence electrons. The highest BCUT2D eigenvalue weighted by Gasteiger charge is 2.03. The Labute approximate surface area is 126 Å². The smallest absolute Gasteiger partial charge is 0.333 e. The highest BCUT2D eigenvalue weighted by molar-refractivity contribution is 5.87. The Morgan fingerprint density at radius 2 is 1.40 bits per heavy atom. The predicted octanol–water partition coefficient (Wildman–Crippen LogP) is 5.81. The number of ether oxygens (including phenoxy) is 1. The van der Waals surface area contributed by atoms with Crippen molar-refractivity contribution < 1.29 is 9.53 Å². The number of allylic oxidation sites excluding steroid dienone is 1. The number of hydrogen-bond acceptors (Lipinski definition) is 2. The van der Waals surface area contributed by atoms with Crippen molar-refractivity contribution in [3.63, 3.8) is 0 Å². The van der Waals surface area contributed by atoms with E-state index in [1.165, 1.54) is 57.8 Å². The van der Waals surface area contributed by atoms with Crippen molar-refractivity contribution in [2.24, 2.45) is 0 Å². The quantitative estimate of drug-likeness (QED) is 0.242. The third-order valence-corrected chi connectivity index (χ3v) is 3.52. The van der Waals surface area contributed by atoms with Crippen LogP contribution in [0, 0.1) is 0 Å². The summed E-state index contributed by atoms with van der Waals surface area (Å²) in [5.41, 5.74) is 0.762. The lowest BCUT2D eigenvalue weighted by atomic mass is 10.1. The van der Waals surface area contributed by atoms with Crippen molar-refractivity contribution in [1.82, 2.24) is 0 Å². The van der Waals surface area contributed by atoms with Crippen LogP contribution in [0.4, 0.5) is 0 Å². The summed E-state index contributed by atoms with van der Waals surface area (Å²) in [7, 11) is 0. The molecule has 0 saturated carbocycles. The fraction of sp³-hybridized carbons (Fsp3) is 0.833. The van der Waals surface area contributed by atoms with E-state index in [-0.39, 0.29) is 5.97 Å². The summed E-state index contributed by atoms with van der Waals surface area (Å²) < 4.78 is 5.09. The van der Waals surface area contributed by atoms with Gasteiger partial charge in [0.15, 0.2) is 0 Å². The van der Waals surface area contributed by atoms with Crippen molar-refractivity contribution in [2.45, 2.75) is 91.4 Å². The summed E-state index contributed by atoms with van der Waals surface area (Å²) >= 11 is 0. The first-order valence-electron chi connectivity index (χ1n) is 8.56. The zero-order valence-electron chi connectivity index (χ0n) is 13.9.